The number of nitrogens with zero attached hydrogens (tertiary/aromatic N) is 3. The topological polar surface area (TPSA) is 53.1 Å². The molecule has 1 atom stereocenters. The molecule has 10 aromatic rings. The van der Waals surface area contributed by atoms with Gasteiger partial charge in [0.05, 0.1) is 11.1 Å². The third kappa shape index (κ3) is 5.40. The van der Waals surface area contributed by atoms with Gasteiger partial charge < -0.3 is 18.7 Å². The predicted molar refractivity (Wildman–Crippen MR) is 217 cm³/mol. The number of hydrogen-bond acceptors (Lipinski definition) is 4. The van der Waals surface area contributed by atoms with Gasteiger partial charge in [0.2, 0.25) is 5.88 Å². The second-order valence-electron chi connectivity index (χ2n) is 14.4. The molecule has 0 saturated heterocycles. The van der Waals surface area contributed by atoms with Crippen LogP contribution in [0.25, 0.3) is 71.6 Å². The molecule has 1 aliphatic rings. The van der Waals surface area contributed by atoms with Crippen LogP contribution in [0, 0.1) is 26.0 Å². The van der Waals surface area contributed by atoms with E-state index in [1.54, 1.807) is 0 Å². The van der Waals surface area contributed by atoms with Gasteiger partial charge in [-0.05, 0) is 52.7 Å². The van der Waals surface area contributed by atoms with Crippen LogP contribution in [-0.4, -0.2) is 14.5 Å². The number of furan rings is 1. The van der Waals surface area contributed by atoms with Crippen molar-refractivity contribution in [3.63, 3.8) is 0 Å². The van der Waals surface area contributed by atoms with Crippen molar-refractivity contribution in [3.8, 4) is 28.6 Å². The van der Waals surface area contributed by atoms with Gasteiger partial charge in [0.25, 0.3) is 0 Å². The van der Waals surface area contributed by atoms with Crippen LogP contribution in [0.3, 0.4) is 0 Å². The Kier molecular flexibility index (Phi) is 7.97. The number of benzene rings is 6. The van der Waals surface area contributed by atoms with E-state index in [0.717, 1.165) is 84.4 Å². The summed E-state index contributed by atoms with van der Waals surface area (Å²) in [5.41, 5.74) is 12.3. The fraction of sp³-hybridized carbons (Fsp3) is 0.102. The summed E-state index contributed by atoms with van der Waals surface area (Å²) in [6.45, 7) is 4.24. The quantitative estimate of drug-likeness (QED) is 0.162. The van der Waals surface area contributed by atoms with Gasteiger partial charge in [0.1, 0.15) is 11.2 Å². The van der Waals surface area contributed by atoms with E-state index in [4.69, 9.17) is 19.1 Å². The van der Waals surface area contributed by atoms with E-state index in [2.05, 4.69) is 140 Å². The van der Waals surface area contributed by atoms with Gasteiger partial charge >= 0.3 is 21.1 Å². The molecule has 4 heterocycles. The smallest absolute Gasteiger partial charge is 0.500 e. The maximum Gasteiger partial charge on any atom is 2.00 e. The van der Waals surface area contributed by atoms with Gasteiger partial charge in [0.15, 0.2) is 0 Å². The average molecular weight is 891 g/mol. The summed E-state index contributed by atoms with van der Waals surface area (Å²) in [5, 5.41) is 6.33. The number of fused-ring (bicyclic) bond motifs is 9. The Balaban J connectivity index is 0.00000372. The van der Waals surface area contributed by atoms with Crippen molar-refractivity contribution in [2.45, 2.75) is 32.6 Å². The van der Waals surface area contributed by atoms with Crippen molar-refractivity contribution in [1.82, 2.24) is 14.5 Å². The molecule has 0 aliphatic heterocycles. The standard InChI is InChI=1S/C49H33N3O2.Pt/c1-29-16-19-34(24-30(29)2)52-45-15-9-8-14-38(45)40-22-23-46(51-49(40)52)53-35-25-42-39-21-17-32-12-6-7-13-37(32)47(39)54-48(42)43(26-35)44-27-41-33(28-50-44)18-20-36(41)31-10-4-3-5-11-31;/h3-17,21-25,27-28,36H,18,20H2,1-2H3;/q-2;+2. The maximum atomic E-state index is 6.81. The second-order valence-corrected chi connectivity index (χ2v) is 14.4. The maximum absolute atomic E-state index is 6.81. The summed E-state index contributed by atoms with van der Waals surface area (Å²) < 4.78 is 15.7. The van der Waals surface area contributed by atoms with E-state index in [9.17, 15) is 0 Å². The van der Waals surface area contributed by atoms with E-state index >= 15 is 0 Å². The van der Waals surface area contributed by atoms with Crippen LogP contribution in [0.1, 0.15) is 40.2 Å². The first-order chi connectivity index (χ1) is 26.6. The average Bonchev–Trinajstić information content (AvgIpc) is 3.91. The molecular formula is C49H33N3O2Pt. The van der Waals surface area contributed by atoms with Crippen LogP contribution in [0.4, 0.5) is 0 Å². The summed E-state index contributed by atoms with van der Waals surface area (Å²) >= 11 is 0. The minimum atomic E-state index is 0. The van der Waals surface area contributed by atoms with Crippen molar-refractivity contribution in [2.24, 2.45) is 0 Å². The normalized spacial score (nSPS) is 13.9. The Morgan fingerprint density at radius 2 is 1.55 bits per heavy atom. The molecule has 0 radical (unpaired) electrons. The van der Waals surface area contributed by atoms with Gasteiger partial charge in [0, 0.05) is 45.5 Å². The van der Waals surface area contributed by atoms with Crippen molar-refractivity contribution in [3.05, 3.63) is 174 Å². The summed E-state index contributed by atoms with van der Waals surface area (Å²) in [4.78, 5) is 10.2. The predicted octanol–water partition coefficient (Wildman–Crippen LogP) is 12.4. The molecule has 11 rings (SSSR count). The molecule has 55 heavy (non-hydrogen) atoms. The number of para-hydroxylation sites is 1. The van der Waals surface area contributed by atoms with Crippen LogP contribution in [0.2, 0.25) is 0 Å². The first kappa shape index (κ1) is 33.5. The third-order valence-corrected chi connectivity index (χ3v) is 11.3. The van der Waals surface area contributed by atoms with Crippen LogP contribution >= 0.6 is 0 Å². The third-order valence-electron chi connectivity index (χ3n) is 11.3. The fourth-order valence-corrected chi connectivity index (χ4v) is 8.43. The molecule has 1 aliphatic carbocycles. The van der Waals surface area contributed by atoms with Crippen LogP contribution in [-0.2, 0) is 27.5 Å². The number of aryl methyl sites for hydroxylation is 3. The van der Waals surface area contributed by atoms with Gasteiger partial charge in [-0.3, -0.25) is 0 Å². The summed E-state index contributed by atoms with van der Waals surface area (Å²) in [7, 11) is 0. The van der Waals surface area contributed by atoms with Gasteiger partial charge in [-0.15, -0.1) is 6.07 Å². The molecule has 4 aromatic heterocycles. The summed E-state index contributed by atoms with van der Waals surface area (Å²) in [6.07, 6.45) is 4.11. The van der Waals surface area contributed by atoms with Gasteiger partial charge in [-0.2, -0.15) is 28.2 Å². The molecule has 0 amide bonds. The first-order valence-corrected chi connectivity index (χ1v) is 18.5. The van der Waals surface area contributed by atoms with Crippen molar-refractivity contribution in [1.29, 1.82) is 0 Å². The summed E-state index contributed by atoms with van der Waals surface area (Å²) in [6, 6.07) is 51.5. The Hall–Kier alpha value is -6.03. The molecule has 5 nitrogen and oxygen atoms in total. The van der Waals surface area contributed by atoms with Crippen LogP contribution in [0.5, 0.6) is 11.6 Å². The molecule has 0 saturated carbocycles. The second kappa shape index (κ2) is 13.1. The summed E-state index contributed by atoms with van der Waals surface area (Å²) in [5.74, 6) is 1.33. The van der Waals surface area contributed by atoms with E-state index in [-0.39, 0.29) is 21.1 Å². The van der Waals surface area contributed by atoms with Crippen molar-refractivity contribution >= 4 is 54.6 Å². The number of rotatable bonds is 5. The van der Waals surface area contributed by atoms with Crippen molar-refractivity contribution < 1.29 is 30.2 Å². The molecule has 0 spiro atoms. The number of pyridine rings is 2. The van der Waals surface area contributed by atoms with Crippen molar-refractivity contribution in [2.75, 3.05) is 0 Å². The molecule has 6 heteroatoms. The Labute approximate surface area is 332 Å². The number of aromatic nitrogens is 3. The Morgan fingerprint density at radius 3 is 2.42 bits per heavy atom. The van der Waals surface area contributed by atoms with Gasteiger partial charge in [-0.25, -0.2) is 0 Å². The number of hydrogen-bond donors (Lipinski definition) is 0. The Bertz CT molecular complexity index is 3130. The molecule has 0 N–H and O–H groups in total. The van der Waals surface area contributed by atoms with E-state index in [1.165, 1.54) is 27.8 Å². The zero-order chi connectivity index (χ0) is 35.9. The molecule has 0 fully saturated rings. The van der Waals surface area contributed by atoms with E-state index < -0.39 is 0 Å². The van der Waals surface area contributed by atoms with E-state index in [1.807, 2.05) is 24.4 Å². The zero-order valence-electron chi connectivity index (χ0n) is 30.2. The minimum absolute atomic E-state index is 0. The molecule has 1 unspecified atom stereocenters. The Morgan fingerprint density at radius 1 is 0.745 bits per heavy atom. The number of ether oxygens (including phenoxy) is 1. The van der Waals surface area contributed by atoms with E-state index in [0.29, 0.717) is 17.5 Å². The van der Waals surface area contributed by atoms with Crippen LogP contribution < -0.4 is 4.74 Å². The monoisotopic (exact) mass is 890 g/mol. The first-order valence-electron chi connectivity index (χ1n) is 18.5. The zero-order valence-corrected chi connectivity index (χ0v) is 32.4. The molecule has 6 aromatic carbocycles. The molecular weight excluding hydrogens is 858 g/mol. The minimum Gasteiger partial charge on any atom is -0.500 e. The molecule has 266 valence electrons. The molecule has 0 bridgehead atoms. The van der Waals surface area contributed by atoms with Gasteiger partial charge in [-0.1, -0.05) is 134 Å². The SMILES string of the molecule is Cc1c[c-]c(-n2c3ccccc3c3ccc(Oc4[c-]c(-c5cc6c(cn5)CCC6c5ccccc5)c5oc6c7ccccc7ccc6c5c4)nc32)cc1C.[Pt+2]. The fourth-order valence-electron chi connectivity index (χ4n) is 8.43. The van der Waals surface area contributed by atoms with Crippen LogP contribution in [0.15, 0.2) is 138 Å². The largest absolute Gasteiger partial charge is 2.00 e.